The Labute approximate surface area is 209 Å². The maximum absolute atomic E-state index is 13.1. The van der Waals surface area contributed by atoms with Crippen molar-refractivity contribution < 1.29 is 9.59 Å². The molecule has 2 N–H and O–H groups in total. The van der Waals surface area contributed by atoms with E-state index in [4.69, 9.17) is 0 Å². The van der Waals surface area contributed by atoms with E-state index in [2.05, 4.69) is 43.6 Å². The van der Waals surface area contributed by atoms with E-state index in [1.165, 1.54) is 11.1 Å². The third-order valence-corrected chi connectivity index (χ3v) is 6.70. The highest BCUT2D eigenvalue weighted by molar-refractivity contribution is 9.10. The molecule has 1 saturated heterocycles. The van der Waals surface area contributed by atoms with Crippen molar-refractivity contribution in [3.63, 3.8) is 0 Å². The number of hydrogen-bond acceptors (Lipinski definition) is 3. The Bertz CT molecular complexity index is 1100. The molecule has 3 aromatic carbocycles. The first-order chi connectivity index (χ1) is 16.6. The van der Waals surface area contributed by atoms with Gasteiger partial charge >= 0.3 is 0 Å². The number of para-hydroxylation sites is 1. The minimum absolute atomic E-state index is 0.0231. The van der Waals surface area contributed by atoms with Gasteiger partial charge in [0.15, 0.2) is 0 Å². The van der Waals surface area contributed by atoms with E-state index in [1.807, 2.05) is 54.6 Å². The van der Waals surface area contributed by atoms with Gasteiger partial charge in [0, 0.05) is 24.1 Å². The lowest BCUT2D eigenvalue weighted by Crippen LogP contribution is -2.40. The average Bonchev–Trinajstić information content (AvgIpc) is 2.86. The van der Waals surface area contributed by atoms with Crippen LogP contribution in [0.15, 0.2) is 83.3 Å². The van der Waals surface area contributed by atoms with Gasteiger partial charge in [0.2, 0.25) is 5.91 Å². The normalized spacial score (nSPS) is 16.1. The molecule has 0 aliphatic carbocycles. The standard InChI is InChI=1S/C28H30BrN3O2/c29-24-14-12-22(13-15-24)19-32-18-6-9-23(20-32)27(33)31-26-11-5-4-10-25(26)28(34)30-17-16-21-7-2-1-3-8-21/h1-5,7-8,10-15,23H,6,9,16-20H2,(H,30,34)(H,31,33). The summed E-state index contributed by atoms with van der Waals surface area (Å²) in [4.78, 5) is 28.3. The molecule has 1 aliphatic rings. The molecule has 0 aromatic heterocycles. The Morgan fingerprint density at radius 3 is 2.44 bits per heavy atom. The van der Waals surface area contributed by atoms with Gasteiger partial charge in [-0.15, -0.1) is 0 Å². The Morgan fingerprint density at radius 2 is 1.65 bits per heavy atom. The van der Waals surface area contributed by atoms with Crippen LogP contribution in [0.5, 0.6) is 0 Å². The summed E-state index contributed by atoms with van der Waals surface area (Å²) in [6.45, 7) is 3.07. The zero-order chi connectivity index (χ0) is 23.8. The fourth-order valence-electron chi connectivity index (χ4n) is 4.35. The first kappa shape index (κ1) is 24.2. The summed E-state index contributed by atoms with van der Waals surface area (Å²) in [6, 6.07) is 25.6. The average molecular weight is 520 g/mol. The van der Waals surface area contributed by atoms with Crippen LogP contribution >= 0.6 is 15.9 Å². The van der Waals surface area contributed by atoms with Crippen molar-refractivity contribution >= 4 is 33.4 Å². The van der Waals surface area contributed by atoms with Crippen LogP contribution in [0.2, 0.25) is 0 Å². The van der Waals surface area contributed by atoms with Crippen molar-refractivity contribution in [1.82, 2.24) is 10.2 Å². The molecule has 1 aliphatic heterocycles. The van der Waals surface area contributed by atoms with Gasteiger partial charge in [-0.05, 0) is 61.2 Å². The number of rotatable bonds is 8. The van der Waals surface area contributed by atoms with Gasteiger partial charge in [-0.1, -0.05) is 70.5 Å². The second kappa shape index (κ2) is 12.0. The number of anilines is 1. The molecule has 6 heteroatoms. The van der Waals surface area contributed by atoms with Crippen molar-refractivity contribution in [2.45, 2.75) is 25.8 Å². The van der Waals surface area contributed by atoms with Crippen molar-refractivity contribution in [3.05, 3.63) is 100 Å². The van der Waals surface area contributed by atoms with Gasteiger partial charge in [0.05, 0.1) is 17.2 Å². The minimum Gasteiger partial charge on any atom is -0.352 e. The second-order valence-corrected chi connectivity index (χ2v) is 9.64. The SMILES string of the molecule is O=C(NCCc1ccccc1)c1ccccc1NC(=O)C1CCCN(Cc2ccc(Br)cc2)C1. The minimum atomic E-state index is -0.174. The molecule has 1 heterocycles. The van der Waals surface area contributed by atoms with E-state index >= 15 is 0 Å². The maximum Gasteiger partial charge on any atom is 0.253 e. The van der Waals surface area contributed by atoms with Crippen LogP contribution in [0.4, 0.5) is 5.69 Å². The van der Waals surface area contributed by atoms with Gasteiger partial charge < -0.3 is 10.6 Å². The lowest BCUT2D eigenvalue weighted by molar-refractivity contribution is -0.121. The van der Waals surface area contributed by atoms with Crippen LogP contribution in [0.25, 0.3) is 0 Å². The number of carbonyl (C=O) groups excluding carboxylic acids is 2. The quantitative estimate of drug-likeness (QED) is 0.426. The van der Waals surface area contributed by atoms with Crippen molar-refractivity contribution in [2.75, 3.05) is 25.0 Å². The first-order valence-corrected chi connectivity index (χ1v) is 12.6. The predicted octanol–water partition coefficient (Wildman–Crippen LogP) is 5.27. The molecule has 0 saturated carbocycles. The summed E-state index contributed by atoms with van der Waals surface area (Å²) in [5.74, 6) is -0.296. The second-order valence-electron chi connectivity index (χ2n) is 8.73. The monoisotopic (exact) mass is 519 g/mol. The molecular formula is C28H30BrN3O2. The van der Waals surface area contributed by atoms with Crippen LogP contribution in [-0.4, -0.2) is 36.3 Å². The van der Waals surface area contributed by atoms with Crippen molar-refractivity contribution in [3.8, 4) is 0 Å². The van der Waals surface area contributed by atoms with E-state index in [1.54, 1.807) is 12.1 Å². The van der Waals surface area contributed by atoms with E-state index in [0.717, 1.165) is 36.8 Å². The molecule has 1 fully saturated rings. The molecule has 3 aromatic rings. The van der Waals surface area contributed by atoms with Gasteiger partial charge in [0.25, 0.3) is 5.91 Å². The van der Waals surface area contributed by atoms with Crippen LogP contribution in [0.3, 0.4) is 0 Å². The van der Waals surface area contributed by atoms with Crippen LogP contribution in [-0.2, 0) is 17.8 Å². The molecule has 5 nitrogen and oxygen atoms in total. The predicted molar refractivity (Wildman–Crippen MR) is 140 cm³/mol. The molecule has 1 unspecified atom stereocenters. The molecule has 4 rings (SSSR count). The van der Waals surface area contributed by atoms with Crippen LogP contribution in [0, 0.1) is 5.92 Å². The summed E-state index contributed by atoms with van der Waals surface area (Å²) in [5, 5.41) is 6.01. The highest BCUT2D eigenvalue weighted by Crippen LogP contribution is 2.23. The summed E-state index contributed by atoms with van der Waals surface area (Å²) in [7, 11) is 0. The Balaban J connectivity index is 1.33. The van der Waals surface area contributed by atoms with E-state index in [0.29, 0.717) is 24.3 Å². The zero-order valence-electron chi connectivity index (χ0n) is 19.2. The van der Waals surface area contributed by atoms with E-state index < -0.39 is 0 Å². The molecule has 0 radical (unpaired) electrons. The fraction of sp³-hybridized carbons (Fsp3) is 0.286. The molecule has 34 heavy (non-hydrogen) atoms. The zero-order valence-corrected chi connectivity index (χ0v) is 20.8. The molecule has 0 spiro atoms. The maximum atomic E-state index is 13.1. The number of carbonyl (C=O) groups is 2. The molecule has 176 valence electrons. The third-order valence-electron chi connectivity index (χ3n) is 6.17. The van der Waals surface area contributed by atoms with Gasteiger partial charge in [-0.3, -0.25) is 14.5 Å². The number of benzene rings is 3. The lowest BCUT2D eigenvalue weighted by atomic mass is 9.96. The largest absolute Gasteiger partial charge is 0.352 e. The van der Waals surface area contributed by atoms with Gasteiger partial charge in [-0.2, -0.15) is 0 Å². The van der Waals surface area contributed by atoms with Crippen molar-refractivity contribution in [1.29, 1.82) is 0 Å². The number of amides is 2. The Hall–Kier alpha value is -2.96. The number of nitrogens with one attached hydrogen (secondary N) is 2. The molecular weight excluding hydrogens is 490 g/mol. The molecule has 1 atom stereocenters. The number of nitrogens with zero attached hydrogens (tertiary/aromatic N) is 1. The molecule has 0 bridgehead atoms. The van der Waals surface area contributed by atoms with E-state index in [9.17, 15) is 9.59 Å². The summed E-state index contributed by atoms with van der Waals surface area (Å²) < 4.78 is 1.06. The first-order valence-electron chi connectivity index (χ1n) is 11.8. The molecule has 2 amide bonds. The summed E-state index contributed by atoms with van der Waals surface area (Å²) >= 11 is 3.48. The van der Waals surface area contributed by atoms with Crippen LogP contribution < -0.4 is 10.6 Å². The number of likely N-dealkylation sites (tertiary alicyclic amines) is 1. The lowest BCUT2D eigenvalue weighted by Gasteiger charge is -2.32. The topological polar surface area (TPSA) is 61.4 Å². The Kier molecular flexibility index (Phi) is 8.50. The number of piperidine rings is 1. The number of halogens is 1. The summed E-state index contributed by atoms with van der Waals surface area (Å²) in [5.41, 5.74) is 3.47. The highest BCUT2D eigenvalue weighted by Gasteiger charge is 2.26. The highest BCUT2D eigenvalue weighted by atomic mass is 79.9. The van der Waals surface area contributed by atoms with Crippen molar-refractivity contribution in [2.24, 2.45) is 5.92 Å². The smallest absolute Gasteiger partial charge is 0.253 e. The van der Waals surface area contributed by atoms with Crippen LogP contribution in [0.1, 0.15) is 34.3 Å². The van der Waals surface area contributed by atoms with Gasteiger partial charge in [-0.25, -0.2) is 0 Å². The summed E-state index contributed by atoms with van der Waals surface area (Å²) in [6.07, 6.45) is 2.60. The van der Waals surface area contributed by atoms with Gasteiger partial charge in [0.1, 0.15) is 0 Å². The van der Waals surface area contributed by atoms with E-state index in [-0.39, 0.29) is 17.7 Å². The fourth-order valence-corrected chi connectivity index (χ4v) is 4.61. The number of hydrogen-bond donors (Lipinski definition) is 2. The third kappa shape index (κ3) is 6.78. The Morgan fingerprint density at radius 1 is 0.912 bits per heavy atom.